The van der Waals surface area contributed by atoms with Crippen LogP contribution >= 0.6 is 0 Å². The smallest absolute Gasteiger partial charge is 0.0939 e. The van der Waals surface area contributed by atoms with Gasteiger partial charge in [-0.25, -0.2) is 0 Å². The summed E-state index contributed by atoms with van der Waals surface area (Å²) in [5, 5.41) is 0. The Hall–Kier alpha value is -0.160. The Morgan fingerprint density at radius 3 is 2.80 bits per heavy atom. The van der Waals surface area contributed by atoms with E-state index in [-0.39, 0.29) is 5.60 Å². The highest BCUT2D eigenvalue weighted by Gasteiger charge is 2.44. The number of hydrogen-bond donors (Lipinski definition) is 2. The first-order valence-corrected chi connectivity index (χ1v) is 8.40. The van der Waals surface area contributed by atoms with Gasteiger partial charge >= 0.3 is 0 Å². The van der Waals surface area contributed by atoms with Gasteiger partial charge in [0.25, 0.3) is 0 Å². The van der Waals surface area contributed by atoms with E-state index >= 15 is 0 Å². The van der Waals surface area contributed by atoms with Crippen LogP contribution in [0.4, 0.5) is 0 Å². The molecule has 3 N–H and O–H groups in total. The maximum absolute atomic E-state index is 6.07. The molecule has 0 aromatic carbocycles. The maximum Gasteiger partial charge on any atom is 0.0939 e. The van der Waals surface area contributed by atoms with Crippen molar-refractivity contribution in [2.45, 2.75) is 63.5 Å². The van der Waals surface area contributed by atoms with E-state index in [1.165, 1.54) is 25.7 Å². The number of ether oxygens (including phenoxy) is 2. The van der Waals surface area contributed by atoms with E-state index in [2.05, 4.69) is 12.3 Å². The zero-order valence-electron chi connectivity index (χ0n) is 12.8. The number of hydrogen-bond acceptors (Lipinski definition) is 4. The average molecular weight is 282 g/mol. The molecule has 5 unspecified atom stereocenters. The van der Waals surface area contributed by atoms with Crippen LogP contribution in [0.5, 0.6) is 0 Å². The van der Waals surface area contributed by atoms with Gasteiger partial charge in [-0.2, -0.15) is 0 Å². The predicted molar refractivity (Wildman–Crippen MR) is 79.1 cm³/mol. The quantitative estimate of drug-likeness (QED) is 0.615. The van der Waals surface area contributed by atoms with Gasteiger partial charge in [-0.05, 0) is 43.4 Å². The second kappa shape index (κ2) is 6.30. The fourth-order valence-electron chi connectivity index (χ4n) is 4.70. The molecule has 1 aliphatic carbocycles. The molecule has 2 heterocycles. The van der Waals surface area contributed by atoms with E-state index in [0.717, 1.165) is 50.9 Å². The van der Waals surface area contributed by atoms with E-state index in [1.54, 1.807) is 0 Å². The van der Waals surface area contributed by atoms with Crippen molar-refractivity contribution in [3.8, 4) is 0 Å². The first-order valence-electron chi connectivity index (χ1n) is 8.40. The Labute approximate surface area is 122 Å². The van der Waals surface area contributed by atoms with Crippen LogP contribution < -0.4 is 11.3 Å². The summed E-state index contributed by atoms with van der Waals surface area (Å²) in [7, 11) is 0. The summed E-state index contributed by atoms with van der Waals surface area (Å²) in [6.07, 6.45) is 8.73. The zero-order chi connectivity index (χ0) is 14.0. The van der Waals surface area contributed by atoms with Gasteiger partial charge in [-0.3, -0.25) is 11.3 Å². The van der Waals surface area contributed by atoms with Gasteiger partial charge in [0.05, 0.1) is 12.2 Å². The molecule has 2 saturated heterocycles. The molecule has 3 aliphatic rings. The molecule has 116 valence electrons. The van der Waals surface area contributed by atoms with Crippen LogP contribution in [-0.2, 0) is 9.47 Å². The second-order valence-corrected chi connectivity index (χ2v) is 7.31. The molecule has 2 aliphatic heterocycles. The Morgan fingerprint density at radius 1 is 1.20 bits per heavy atom. The molecule has 0 bridgehead atoms. The molecule has 0 amide bonds. The van der Waals surface area contributed by atoms with Crippen LogP contribution in [0.2, 0.25) is 0 Å². The van der Waals surface area contributed by atoms with Crippen molar-refractivity contribution in [3.05, 3.63) is 0 Å². The molecule has 3 fully saturated rings. The first-order chi connectivity index (χ1) is 9.72. The van der Waals surface area contributed by atoms with Gasteiger partial charge in [0.15, 0.2) is 0 Å². The summed E-state index contributed by atoms with van der Waals surface area (Å²) in [5.74, 6) is 8.19. The van der Waals surface area contributed by atoms with Crippen molar-refractivity contribution >= 4 is 0 Å². The van der Waals surface area contributed by atoms with E-state index in [0.29, 0.717) is 12.0 Å². The van der Waals surface area contributed by atoms with Crippen LogP contribution in [0, 0.1) is 17.8 Å². The number of hydrazine groups is 1. The summed E-state index contributed by atoms with van der Waals surface area (Å²) in [6, 6.07) is 0.458. The Morgan fingerprint density at radius 2 is 2.10 bits per heavy atom. The van der Waals surface area contributed by atoms with Crippen LogP contribution in [0.1, 0.15) is 51.9 Å². The molecule has 5 atom stereocenters. The lowest BCUT2D eigenvalue weighted by Gasteiger charge is -2.44. The summed E-state index contributed by atoms with van der Waals surface area (Å²) < 4.78 is 11.7. The average Bonchev–Trinajstić information content (AvgIpc) is 2.88. The molecule has 1 spiro atoms. The monoisotopic (exact) mass is 282 g/mol. The first kappa shape index (κ1) is 14.8. The van der Waals surface area contributed by atoms with Crippen molar-refractivity contribution < 1.29 is 9.47 Å². The maximum atomic E-state index is 6.07. The van der Waals surface area contributed by atoms with Gasteiger partial charge in [-0.1, -0.05) is 19.8 Å². The largest absolute Gasteiger partial charge is 0.378 e. The predicted octanol–water partition coefficient (Wildman–Crippen LogP) is 2.23. The number of rotatable bonds is 3. The molecule has 0 aromatic heterocycles. The highest BCUT2D eigenvalue weighted by atomic mass is 16.6. The van der Waals surface area contributed by atoms with Crippen molar-refractivity contribution in [1.29, 1.82) is 0 Å². The molecule has 3 rings (SSSR count). The summed E-state index contributed by atoms with van der Waals surface area (Å²) >= 11 is 0. The molecule has 4 nitrogen and oxygen atoms in total. The number of nitrogens with one attached hydrogen (secondary N) is 1. The highest BCUT2D eigenvalue weighted by molar-refractivity contribution is 4.95. The van der Waals surface area contributed by atoms with Gasteiger partial charge in [-0.15, -0.1) is 0 Å². The molecular weight excluding hydrogens is 252 g/mol. The summed E-state index contributed by atoms with van der Waals surface area (Å²) in [5.41, 5.74) is 3.17. The van der Waals surface area contributed by atoms with E-state index in [1.807, 2.05) is 0 Å². The third-order valence-corrected chi connectivity index (χ3v) is 5.78. The standard InChI is InChI=1S/C16H30N2O2/c1-12-3-2-4-13(9-12)15(18-17)14-5-7-20-16(10-14)6-8-19-11-16/h12-15,18H,2-11,17H2,1H3. The van der Waals surface area contributed by atoms with Gasteiger partial charge in [0.1, 0.15) is 0 Å². The van der Waals surface area contributed by atoms with Gasteiger partial charge in [0, 0.05) is 25.7 Å². The topological polar surface area (TPSA) is 56.5 Å². The second-order valence-electron chi connectivity index (χ2n) is 7.31. The summed E-state index contributed by atoms with van der Waals surface area (Å²) in [4.78, 5) is 0. The van der Waals surface area contributed by atoms with Gasteiger partial charge < -0.3 is 9.47 Å². The fraction of sp³-hybridized carbons (Fsp3) is 1.00. The van der Waals surface area contributed by atoms with Crippen LogP contribution in [0.25, 0.3) is 0 Å². The van der Waals surface area contributed by atoms with Crippen molar-refractivity contribution in [3.63, 3.8) is 0 Å². The van der Waals surface area contributed by atoms with E-state index in [9.17, 15) is 0 Å². The molecule has 1 saturated carbocycles. The Kier molecular flexibility index (Phi) is 4.65. The fourth-order valence-corrected chi connectivity index (χ4v) is 4.70. The van der Waals surface area contributed by atoms with E-state index < -0.39 is 0 Å². The van der Waals surface area contributed by atoms with Crippen LogP contribution in [0.3, 0.4) is 0 Å². The zero-order valence-corrected chi connectivity index (χ0v) is 12.8. The minimum Gasteiger partial charge on any atom is -0.378 e. The lowest BCUT2D eigenvalue weighted by Crippen LogP contribution is -2.52. The number of nitrogens with two attached hydrogens (primary N) is 1. The van der Waals surface area contributed by atoms with Crippen molar-refractivity contribution in [2.75, 3.05) is 19.8 Å². The van der Waals surface area contributed by atoms with Crippen LogP contribution in [0.15, 0.2) is 0 Å². The minimum atomic E-state index is -0.00169. The molecule has 20 heavy (non-hydrogen) atoms. The Balaban J connectivity index is 1.65. The third-order valence-electron chi connectivity index (χ3n) is 5.78. The van der Waals surface area contributed by atoms with Crippen LogP contribution in [-0.4, -0.2) is 31.5 Å². The molecular formula is C16H30N2O2. The third kappa shape index (κ3) is 3.03. The lowest BCUT2D eigenvalue weighted by molar-refractivity contribution is -0.107. The minimum absolute atomic E-state index is 0.00169. The van der Waals surface area contributed by atoms with Crippen molar-refractivity contribution in [1.82, 2.24) is 5.43 Å². The molecule has 0 radical (unpaired) electrons. The molecule has 0 aromatic rings. The van der Waals surface area contributed by atoms with Gasteiger partial charge in [0.2, 0.25) is 0 Å². The lowest BCUT2D eigenvalue weighted by atomic mass is 9.71. The summed E-state index contributed by atoms with van der Waals surface area (Å²) in [6.45, 7) is 4.89. The normalized spacial score (nSPS) is 43.8. The van der Waals surface area contributed by atoms with Crippen molar-refractivity contribution in [2.24, 2.45) is 23.6 Å². The van der Waals surface area contributed by atoms with E-state index in [4.69, 9.17) is 15.3 Å². The highest BCUT2D eigenvalue weighted by Crippen LogP contribution is 2.41. The molecule has 4 heteroatoms. The Bertz CT molecular complexity index is 318. The SMILES string of the molecule is CC1CCCC(C(NN)C2CCOC3(CCOC3)C2)C1.